The van der Waals surface area contributed by atoms with Crippen molar-refractivity contribution in [1.29, 1.82) is 0 Å². The van der Waals surface area contributed by atoms with Gasteiger partial charge in [-0.25, -0.2) is 0 Å². The molecule has 1 aromatic carbocycles. The van der Waals surface area contributed by atoms with E-state index in [0.29, 0.717) is 16.6 Å². The molecule has 0 fully saturated rings. The van der Waals surface area contributed by atoms with Crippen molar-refractivity contribution in [2.45, 2.75) is 6.54 Å². The maximum atomic E-state index is 10.9. The molecule has 0 atom stereocenters. The summed E-state index contributed by atoms with van der Waals surface area (Å²) in [5, 5.41) is 10.9. The summed E-state index contributed by atoms with van der Waals surface area (Å²) in [4.78, 5) is 10.5. The molecule has 0 aliphatic heterocycles. The molecule has 88 valence electrons. The minimum absolute atomic E-state index is 0.110. The van der Waals surface area contributed by atoms with Gasteiger partial charge in [0.15, 0.2) is 0 Å². The third kappa shape index (κ3) is 2.85. The highest BCUT2D eigenvalue weighted by Crippen LogP contribution is 2.23. The van der Waals surface area contributed by atoms with Gasteiger partial charge in [-0.2, -0.15) is 0 Å². The van der Waals surface area contributed by atoms with Gasteiger partial charge in [-0.15, -0.1) is 0 Å². The first-order valence-electron chi connectivity index (χ1n) is 4.96. The minimum Gasteiger partial charge on any atom is -0.322 e. The molecule has 0 unspecified atom stereocenters. The maximum absolute atomic E-state index is 10.9. The highest BCUT2D eigenvalue weighted by molar-refractivity contribution is 9.10. The van der Waals surface area contributed by atoms with Gasteiger partial charge in [0.25, 0.3) is 5.69 Å². The van der Waals surface area contributed by atoms with Crippen molar-refractivity contribution < 1.29 is 4.92 Å². The van der Waals surface area contributed by atoms with Crippen LogP contribution in [0.1, 0.15) is 5.56 Å². The number of benzene rings is 1. The highest BCUT2D eigenvalue weighted by atomic mass is 79.9. The standard InChI is InChI=1S/C11H10BrN3O2/c12-10-4-3-9(11(7-10)15(16)17)8-13-14-5-1-2-6-14/h1-7,13H,8H2. The van der Waals surface area contributed by atoms with Gasteiger partial charge in [-0.05, 0) is 24.3 Å². The van der Waals surface area contributed by atoms with E-state index in [1.54, 1.807) is 16.8 Å². The Balaban J connectivity index is 2.17. The van der Waals surface area contributed by atoms with Crippen molar-refractivity contribution in [3.63, 3.8) is 0 Å². The van der Waals surface area contributed by atoms with Gasteiger partial charge < -0.3 is 5.43 Å². The van der Waals surface area contributed by atoms with Crippen molar-refractivity contribution in [3.05, 3.63) is 62.9 Å². The summed E-state index contributed by atoms with van der Waals surface area (Å²) in [5.41, 5.74) is 3.81. The molecule has 0 aliphatic carbocycles. The summed E-state index contributed by atoms with van der Waals surface area (Å²) in [7, 11) is 0. The first-order valence-corrected chi connectivity index (χ1v) is 5.76. The summed E-state index contributed by atoms with van der Waals surface area (Å²) < 4.78 is 2.46. The van der Waals surface area contributed by atoms with Gasteiger partial charge in [0, 0.05) is 22.9 Å². The predicted molar refractivity (Wildman–Crippen MR) is 68.3 cm³/mol. The predicted octanol–water partition coefficient (Wildman–Crippen LogP) is 2.90. The zero-order valence-electron chi connectivity index (χ0n) is 8.84. The van der Waals surface area contributed by atoms with Crippen LogP contribution in [0.15, 0.2) is 47.2 Å². The number of halogens is 1. The zero-order valence-corrected chi connectivity index (χ0v) is 10.4. The van der Waals surface area contributed by atoms with Crippen LogP contribution in [0.2, 0.25) is 0 Å². The molecule has 0 radical (unpaired) electrons. The van der Waals surface area contributed by atoms with E-state index in [4.69, 9.17) is 0 Å². The first-order chi connectivity index (χ1) is 8.16. The average Bonchev–Trinajstić information content (AvgIpc) is 2.80. The quantitative estimate of drug-likeness (QED) is 0.697. The fourth-order valence-electron chi connectivity index (χ4n) is 1.47. The number of nitrogens with zero attached hydrogens (tertiary/aromatic N) is 2. The largest absolute Gasteiger partial charge is 0.322 e. The molecule has 5 nitrogen and oxygen atoms in total. The fourth-order valence-corrected chi connectivity index (χ4v) is 1.82. The third-order valence-electron chi connectivity index (χ3n) is 2.30. The lowest BCUT2D eigenvalue weighted by atomic mass is 10.2. The van der Waals surface area contributed by atoms with Crippen LogP contribution in [0.5, 0.6) is 0 Å². The Bertz CT molecular complexity index is 526. The number of nitro groups is 1. The second-order valence-corrected chi connectivity index (χ2v) is 4.37. The third-order valence-corrected chi connectivity index (χ3v) is 2.79. The molecule has 0 aliphatic rings. The van der Waals surface area contributed by atoms with Crippen LogP contribution in [-0.4, -0.2) is 9.60 Å². The van der Waals surface area contributed by atoms with E-state index in [1.807, 2.05) is 24.5 Å². The Morgan fingerprint density at radius 1 is 1.35 bits per heavy atom. The van der Waals surface area contributed by atoms with Gasteiger partial charge in [0.1, 0.15) is 0 Å². The number of rotatable bonds is 4. The van der Waals surface area contributed by atoms with Crippen LogP contribution < -0.4 is 5.43 Å². The van der Waals surface area contributed by atoms with E-state index in [0.717, 1.165) is 0 Å². The Kier molecular flexibility index (Phi) is 3.43. The maximum Gasteiger partial charge on any atom is 0.275 e. The van der Waals surface area contributed by atoms with Gasteiger partial charge in [-0.1, -0.05) is 15.9 Å². The summed E-state index contributed by atoms with van der Waals surface area (Å²) in [6, 6.07) is 8.79. The van der Waals surface area contributed by atoms with Crippen molar-refractivity contribution in [2.75, 3.05) is 5.43 Å². The highest BCUT2D eigenvalue weighted by Gasteiger charge is 2.13. The van der Waals surface area contributed by atoms with E-state index in [1.165, 1.54) is 6.07 Å². The van der Waals surface area contributed by atoms with Crippen LogP contribution >= 0.6 is 15.9 Å². The van der Waals surface area contributed by atoms with E-state index in [2.05, 4.69) is 21.4 Å². The fraction of sp³-hybridized carbons (Fsp3) is 0.0909. The molecule has 0 spiro atoms. The minimum atomic E-state index is -0.378. The van der Waals surface area contributed by atoms with Crippen LogP contribution in [-0.2, 0) is 6.54 Å². The molecule has 2 rings (SSSR count). The summed E-state index contributed by atoms with van der Waals surface area (Å²) in [6.07, 6.45) is 3.68. The monoisotopic (exact) mass is 295 g/mol. The first kappa shape index (κ1) is 11.7. The summed E-state index contributed by atoms with van der Waals surface area (Å²) >= 11 is 3.22. The van der Waals surface area contributed by atoms with Crippen molar-refractivity contribution in [2.24, 2.45) is 0 Å². The number of hydrogen-bond donors (Lipinski definition) is 1. The number of nitro benzene ring substituents is 1. The van der Waals surface area contributed by atoms with Crippen LogP contribution in [0.25, 0.3) is 0 Å². The molecule has 17 heavy (non-hydrogen) atoms. The molecule has 0 saturated heterocycles. The molecule has 1 N–H and O–H groups in total. The van der Waals surface area contributed by atoms with E-state index in [9.17, 15) is 10.1 Å². The number of nitrogens with one attached hydrogen (secondary N) is 1. The molecule has 6 heteroatoms. The number of aromatic nitrogens is 1. The van der Waals surface area contributed by atoms with E-state index < -0.39 is 0 Å². The van der Waals surface area contributed by atoms with Gasteiger partial charge >= 0.3 is 0 Å². The number of hydrogen-bond acceptors (Lipinski definition) is 3. The molecule has 0 bridgehead atoms. The molecular weight excluding hydrogens is 286 g/mol. The van der Waals surface area contributed by atoms with E-state index >= 15 is 0 Å². The van der Waals surface area contributed by atoms with Gasteiger partial charge in [0.2, 0.25) is 0 Å². The zero-order chi connectivity index (χ0) is 12.3. The summed E-state index contributed by atoms with van der Waals surface area (Å²) in [6.45, 7) is 0.401. The molecule has 1 aromatic heterocycles. The Morgan fingerprint density at radius 3 is 2.71 bits per heavy atom. The van der Waals surface area contributed by atoms with Gasteiger partial charge in [-0.3, -0.25) is 14.8 Å². The lowest BCUT2D eigenvalue weighted by molar-refractivity contribution is -0.385. The Morgan fingerprint density at radius 2 is 2.06 bits per heavy atom. The van der Waals surface area contributed by atoms with Gasteiger partial charge in [0.05, 0.1) is 17.0 Å². The Hall–Kier alpha value is -1.82. The SMILES string of the molecule is O=[N+]([O-])c1cc(Br)ccc1CNn1cccc1. The van der Waals surface area contributed by atoms with Crippen molar-refractivity contribution >= 4 is 21.6 Å². The molecule has 0 saturated carbocycles. The molecule has 0 amide bonds. The topological polar surface area (TPSA) is 60.1 Å². The smallest absolute Gasteiger partial charge is 0.275 e. The molecule has 2 aromatic rings. The van der Waals surface area contributed by atoms with Crippen LogP contribution in [0.3, 0.4) is 0 Å². The van der Waals surface area contributed by atoms with Crippen molar-refractivity contribution in [1.82, 2.24) is 4.68 Å². The Labute approximate surface area is 106 Å². The molecule has 1 heterocycles. The molecular formula is C11H10BrN3O2. The second kappa shape index (κ2) is 5.01. The lowest BCUT2D eigenvalue weighted by Gasteiger charge is -2.08. The van der Waals surface area contributed by atoms with Crippen LogP contribution in [0, 0.1) is 10.1 Å². The normalized spacial score (nSPS) is 10.2. The average molecular weight is 296 g/mol. The van der Waals surface area contributed by atoms with Crippen molar-refractivity contribution in [3.8, 4) is 0 Å². The summed E-state index contributed by atoms with van der Waals surface area (Å²) in [5.74, 6) is 0. The second-order valence-electron chi connectivity index (χ2n) is 3.46. The lowest BCUT2D eigenvalue weighted by Crippen LogP contribution is -2.12. The van der Waals surface area contributed by atoms with Crippen LogP contribution in [0.4, 0.5) is 5.69 Å². The van der Waals surface area contributed by atoms with E-state index in [-0.39, 0.29) is 10.6 Å².